The molecule has 8 heteroatoms. The molecule has 0 aromatic heterocycles. The molecule has 2 fully saturated rings. The van der Waals surface area contributed by atoms with Crippen molar-refractivity contribution in [2.75, 3.05) is 20.8 Å². The van der Waals surface area contributed by atoms with E-state index in [4.69, 9.17) is 37.9 Å². The van der Waals surface area contributed by atoms with Crippen LogP contribution in [-0.2, 0) is 51.1 Å². The van der Waals surface area contributed by atoms with Crippen LogP contribution in [0.25, 0.3) is 0 Å². The molecular formula is C29H40O8. The SMILES string of the molecule is CO[C@]1(C)O[C@H]2[C@H](OCc3ccccc3)[C@@H](COCc3ccccc3)OC(OC(C)C)[C@@H]2O[C@@]1(C)OC. The Bertz CT molecular complexity index is 957. The van der Waals surface area contributed by atoms with Gasteiger partial charge in [0, 0.05) is 14.2 Å². The van der Waals surface area contributed by atoms with Crippen molar-refractivity contribution in [1.82, 2.24) is 0 Å². The Hall–Kier alpha value is -1.88. The van der Waals surface area contributed by atoms with Gasteiger partial charge >= 0.3 is 0 Å². The maximum absolute atomic E-state index is 6.63. The summed E-state index contributed by atoms with van der Waals surface area (Å²) in [5.41, 5.74) is 2.12. The lowest BCUT2D eigenvalue weighted by Gasteiger charge is -2.57. The van der Waals surface area contributed by atoms with Crippen LogP contribution in [0.3, 0.4) is 0 Å². The maximum atomic E-state index is 6.63. The van der Waals surface area contributed by atoms with Crippen molar-refractivity contribution >= 4 is 0 Å². The molecule has 0 saturated carbocycles. The van der Waals surface area contributed by atoms with Crippen molar-refractivity contribution in [3.8, 4) is 0 Å². The van der Waals surface area contributed by atoms with Crippen LogP contribution in [0.5, 0.6) is 0 Å². The highest BCUT2D eigenvalue weighted by molar-refractivity contribution is 5.14. The van der Waals surface area contributed by atoms with Gasteiger partial charge in [-0.25, -0.2) is 0 Å². The molecule has 2 heterocycles. The summed E-state index contributed by atoms with van der Waals surface area (Å²) in [7, 11) is 3.13. The van der Waals surface area contributed by atoms with Gasteiger partial charge in [0.05, 0.1) is 25.9 Å². The van der Waals surface area contributed by atoms with E-state index >= 15 is 0 Å². The molecule has 0 N–H and O–H groups in total. The van der Waals surface area contributed by atoms with Gasteiger partial charge in [-0.1, -0.05) is 60.7 Å². The third kappa shape index (κ3) is 6.41. The fourth-order valence-corrected chi connectivity index (χ4v) is 4.69. The fraction of sp³-hybridized carbons (Fsp3) is 0.586. The van der Waals surface area contributed by atoms with Gasteiger partial charge in [0.15, 0.2) is 6.29 Å². The first kappa shape index (κ1) is 28.1. The highest BCUT2D eigenvalue weighted by atomic mass is 16.8. The lowest BCUT2D eigenvalue weighted by Crippen LogP contribution is -2.73. The maximum Gasteiger partial charge on any atom is 0.220 e. The van der Waals surface area contributed by atoms with Crippen LogP contribution in [0.2, 0.25) is 0 Å². The molecule has 4 rings (SSSR count). The second-order valence-corrected chi connectivity index (χ2v) is 9.95. The molecule has 0 spiro atoms. The van der Waals surface area contributed by atoms with Crippen LogP contribution in [0.4, 0.5) is 0 Å². The first-order chi connectivity index (χ1) is 17.8. The quantitative estimate of drug-likeness (QED) is 0.434. The standard InChI is InChI=1S/C29H40O8/c1-20(2)34-27-26-25(36-28(3,30-5)29(4,31-6)37-26)24(33-18-22-15-11-8-12-16-22)23(35-27)19-32-17-21-13-9-7-10-14-21/h7-16,20,23-27H,17-19H2,1-6H3/t23-,24-,25+,26-,27?,28-,29-/m1/s1. The van der Waals surface area contributed by atoms with E-state index in [-0.39, 0.29) is 12.7 Å². The lowest BCUT2D eigenvalue weighted by atomic mass is 9.94. The van der Waals surface area contributed by atoms with E-state index in [1.54, 1.807) is 28.1 Å². The van der Waals surface area contributed by atoms with Crippen molar-refractivity contribution in [3.05, 3.63) is 71.8 Å². The molecule has 37 heavy (non-hydrogen) atoms. The van der Waals surface area contributed by atoms with Gasteiger partial charge in [0.25, 0.3) is 0 Å². The first-order valence-electron chi connectivity index (χ1n) is 12.8. The summed E-state index contributed by atoms with van der Waals surface area (Å²) >= 11 is 0. The summed E-state index contributed by atoms with van der Waals surface area (Å²) < 4.78 is 49.9. The van der Waals surface area contributed by atoms with E-state index in [0.717, 1.165) is 11.1 Å². The normalized spacial score (nSPS) is 33.9. The number of rotatable bonds is 11. The Morgan fingerprint density at radius 2 is 1.32 bits per heavy atom. The largest absolute Gasteiger partial charge is 0.374 e. The zero-order valence-electron chi connectivity index (χ0n) is 22.6. The topological polar surface area (TPSA) is 73.8 Å². The van der Waals surface area contributed by atoms with Crippen LogP contribution >= 0.6 is 0 Å². The van der Waals surface area contributed by atoms with Gasteiger partial charge in [-0.3, -0.25) is 0 Å². The third-order valence-electron chi connectivity index (χ3n) is 7.00. The molecule has 7 atom stereocenters. The minimum absolute atomic E-state index is 0.105. The Morgan fingerprint density at radius 3 is 1.86 bits per heavy atom. The van der Waals surface area contributed by atoms with Crippen molar-refractivity contribution in [2.24, 2.45) is 0 Å². The molecule has 0 bridgehead atoms. The molecule has 2 saturated heterocycles. The summed E-state index contributed by atoms with van der Waals surface area (Å²) in [6.45, 7) is 8.60. The summed E-state index contributed by atoms with van der Waals surface area (Å²) in [6, 6.07) is 20.0. The monoisotopic (exact) mass is 516 g/mol. The van der Waals surface area contributed by atoms with E-state index in [9.17, 15) is 0 Å². The fourth-order valence-electron chi connectivity index (χ4n) is 4.69. The molecule has 8 nitrogen and oxygen atoms in total. The van der Waals surface area contributed by atoms with Gasteiger partial charge in [0.1, 0.15) is 24.4 Å². The zero-order valence-corrected chi connectivity index (χ0v) is 22.6. The highest BCUT2D eigenvalue weighted by Crippen LogP contribution is 2.44. The average molecular weight is 517 g/mol. The molecule has 0 aliphatic carbocycles. The predicted octanol–water partition coefficient (Wildman–Crippen LogP) is 4.45. The Labute approximate surface area is 220 Å². The van der Waals surface area contributed by atoms with Gasteiger partial charge in [0.2, 0.25) is 11.6 Å². The smallest absolute Gasteiger partial charge is 0.220 e. The Balaban J connectivity index is 1.60. The van der Waals surface area contributed by atoms with E-state index in [2.05, 4.69) is 0 Å². The molecule has 2 aliphatic heterocycles. The average Bonchev–Trinajstić information content (AvgIpc) is 2.90. The summed E-state index contributed by atoms with van der Waals surface area (Å²) in [4.78, 5) is 0. The van der Waals surface area contributed by atoms with Crippen LogP contribution in [-0.4, -0.2) is 69.2 Å². The minimum Gasteiger partial charge on any atom is -0.374 e. The van der Waals surface area contributed by atoms with Gasteiger partial charge in [-0.2, -0.15) is 0 Å². The van der Waals surface area contributed by atoms with Crippen molar-refractivity contribution < 1.29 is 37.9 Å². The molecule has 2 aliphatic rings. The Kier molecular flexibility index (Phi) is 9.37. The zero-order chi connectivity index (χ0) is 26.5. The lowest BCUT2D eigenvalue weighted by molar-refractivity contribution is -0.487. The number of hydrogen-bond acceptors (Lipinski definition) is 8. The molecule has 1 unspecified atom stereocenters. The van der Waals surface area contributed by atoms with Crippen LogP contribution in [0, 0.1) is 0 Å². The number of hydrogen-bond donors (Lipinski definition) is 0. The molecule has 204 valence electrons. The van der Waals surface area contributed by atoms with E-state index in [1.807, 2.05) is 74.5 Å². The van der Waals surface area contributed by atoms with Crippen LogP contribution < -0.4 is 0 Å². The summed E-state index contributed by atoms with van der Waals surface area (Å²) in [6.07, 6.45) is -3.02. The predicted molar refractivity (Wildman–Crippen MR) is 137 cm³/mol. The molecule has 2 aromatic carbocycles. The molecular weight excluding hydrogens is 476 g/mol. The van der Waals surface area contributed by atoms with E-state index in [0.29, 0.717) is 13.2 Å². The number of benzene rings is 2. The molecule has 2 aromatic rings. The van der Waals surface area contributed by atoms with Crippen molar-refractivity contribution in [3.63, 3.8) is 0 Å². The van der Waals surface area contributed by atoms with E-state index < -0.39 is 42.3 Å². The number of methoxy groups -OCH3 is 2. The molecule has 0 amide bonds. The van der Waals surface area contributed by atoms with E-state index in [1.165, 1.54) is 0 Å². The Morgan fingerprint density at radius 1 is 0.784 bits per heavy atom. The summed E-state index contributed by atoms with van der Waals surface area (Å²) in [5, 5.41) is 0. The highest BCUT2D eigenvalue weighted by Gasteiger charge is 2.63. The first-order valence-corrected chi connectivity index (χ1v) is 12.8. The second kappa shape index (κ2) is 12.3. The van der Waals surface area contributed by atoms with Crippen molar-refractivity contribution in [1.29, 1.82) is 0 Å². The summed E-state index contributed by atoms with van der Waals surface area (Å²) in [5.74, 6) is -2.40. The van der Waals surface area contributed by atoms with Gasteiger partial charge in [-0.15, -0.1) is 0 Å². The minimum atomic E-state index is -1.20. The third-order valence-corrected chi connectivity index (χ3v) is 7.00. The van der Waals surface area contributed by atoms with Gasteiger partial charge in [-0.05, 0) is 38.8 Å². The second-order valence-electron chi connectivity index (χ2n) is 9.95. The number of fused-ring (bicyclic) bond motifs is 1. The van der Waals surface area contributed by atoms with Crippen LogP contribution in [0.15, 0.2) is 60.7 Å². The van der Waals surface area contributed by atoms with Gasteiger partial charge < -0.3 is 37.9 Å². The van der Waals surface area contributed by atoms with Crippen molar-refractivity contribution in [2.45, 2.75) is 89.3 Å². The number of ether oxygens (including phenoxy) is 8. The van der Waals surface area contributed by atoms with Crippen LogP contribution in [0.1, 0.15) is 38.8 Å². The molecule has 0 radical (unpaired) electrons.